The monoisotopic (exact) mass is 275 g/mol. The molecule has 3 aromatic rings. The van der Waals surface area contributed by atoms with Crippen LogP contribution in [0.25, 0.3) is 10.9 Å². The molecule has 0 radical (unpaired) electrons. The lowest BCUT2D eigenvalue weighted by atomic mass is 10.2. The highest BCUT2D eigenvalue weighted by Gasteiger charge is 2.09. The lowest BCUT2D eigenvalue weighted by Crippen LogP contribution is -2.12. The lowest BCUT2D eigenvalue weighted by molar-refractivity contribution is 0.0994. The van der Waals surface area contributed by atoms with Crippen molar-refractivity contribution in [3.05, 3.63) is 52.2 Å². The fourth-order valence-corrected chi connectivity index (χ4v) is 2.53. The minimum Gasteiger partial charge on any atom is -0.350 e. The number of H-pyrrole nitrogens is 1. The number of thiazole rings is 1. The number of fused-ring (bicyclic) bond motifs is 1. The summed E-state index contributed by atoms with van der Waals surface area (Å²) in [5.41, 5.74) is 1.07. The first kappa shape index (κ1) is 11.9. The summed E-state index contributed by atoms with van der Waals surface area (Å²) in [7, 11) is 1.82. The number of aryl methyl sites for hydroxylation is 1. The van der Waals surface area contributed by atoms with Crippen LogP contribution in [0.5, 0.6) is 0 Å². The Kier molecular flexibility index (Phi) is 2.79. The smallest absolute Gasteiger partial charge is 0.296 e. The van der Waals surface area contributed by atoms with E-state index in [0.29, 0.717) is 15.9 Å². The van der Waals surface area contributed by atoms with Crippen LogP contribution in [0.1, 0.15) is 10.5 Å². The number of hydrogen-bond acceptors (Lipinski definition) is 2. The van der Waals surface area contributed by atoms with E-state index in [2.05, 4.69) is 9.98 Å². The van der Waals surface area contributed by atoms with Gasteiger partial charge in [0.25, 0.3) is 5.91 Å². The molecule has 1 N–H and O–H groups in total. The number of hydrogen-bond donors (Lipinski definition) is 1. The number of nitrogens with zero attached hydrogens (tertiary/aromatic N) is 2. The van der Waals surface area contributed by atoms with Crippen LogP contribution < -0.4 is 4.80 Å². The molecule has 1 aromatic carbocycles. The van der Waals surface area contributed by atoms with Gasteiger partial charge in [-0.3, -0.25) is 4.79 Å². The van der Waals surface area contributed by atoms with Gasteiger partial charge in [-0.05, 0) is 24.3 Å². The van der Waals surface area contributed by atoms with Gasteiger partial charge in [0.1, 0.15) is 11.5 Å². The third-order valence-electron chi connectivity index (χ3n) is 2.77. The van der Waals surface area contributed by atoms with Crippen molar-refractivity contribution in [1.82, 2.24) is 9.55 Å². The minimum absolute atomic E-state index is 0.327. The summed E-state index contributed by atoms with van der Waals surface area (Å²) in [6.07, 6.45) is 1.83. The highest BCUT2D eigenvalue weighted by Crippen LogP contribution is 2.17. The molecule has 0 saturated heterocycles. The maximum Gasteiger partial charge on any atom is 0.296 e. The molecule has 0 unspecified atom stereocenters. The third kappa shape index (κ3) is 2.22. The Balaban J connectivity index is 2.05. The molecule has 96 valence electrons. The van der Waals surface area contributed by atoms with Crippen molar-refractivity contribution in [2.45, 2.75) is 0 Å². The second kappa shape index (κ2) is 4.47. The van der Waals surface area contributed by atoms with E-state index in [1.54, 1.807) is 16.7 Å². The molecule has 0 aliphatic heterocycles. The predicted molar refractivity (Wildman–Crippen MR) is 71.4 cm³/mol. The van der Waals surface area contributed by atoms with Crippen LogP contribution >= 0.6 is 11.3 Å². The molecular weight excluding hydrogens is 265 g/mol. The van der Waals surface area contributed by atoms with Crippen molar-refractivity contribution in [2.24, 2.45) is 12.0 Å². The van der Waals surface area contributed by atoms with Gasteiger partial charge in [-0.15, -0.1) is 11.3 Å². The standard InChI is InChI=1S/C13H10FN3OS/c1-17-4-5-19-13(17)16-12(18)11-7-8-6-9(14)2-3-10(8)15-11/h2-7,15H,1H3. The molecule has 0 saturated carbocycles. The molecule has 0 spiro atoms. The zero-order valence-electron chi connectivity index (χ0n) is 10.1. The number of amides is 1. The van der Waals surface area contributed by atoms with Crippen LogP contribution in [0.15, 0.2) is 40.8 Å². The Labute approximate surface area is 111 Å². The van der Waals surface area contributed by atoms with Crippen LogP contribution in [-0.4, -0.2) is 15.5 Å². The quantitative estimate of drug-likeness (QED) is 0.728. The Morgan fingerprint density at radius 2 is 2.26 bits per heavy atom. The molecule has 19 heavy (non-hydrogen) atoms. The number of nitrogens with one attached hydrogen (secondary N) is 1. The van der Waals surface area contributed by atoms with Gasteiger partial charge >= 0.3 is 0 Å². The van der Waals surface area contributed by atoms with Crippen molar-refractivity contribution in [3.63, 3.8) is 0 Å². The molecule has 2 heterocycles. The van der Waals surface area contributed by atoms with Gasteiger partial charge in [-0.2, -0.15) is 4.99 Å². The van der Waals surface area contributed by atoms with E-state index in [9.17, 15) is 9.18 Å². The molecule has 4 nitrogen and oxygen atoms in total. The number of aromatic nitrogens is 2. The fraction of sp³-hybridized carbons (Fsp3) is 0.0769. The number of aromatic amines is 1. The van der Waals surface area contributed by atoms with E-state index >= 15 is 0 Å². The summed E-state index contributed by atoms with van der Waals surface area (Å²) in [5.74, 6) is -0.693. The van der Waals surface area contributed by atoms with Gasteiger partial charge < -0.3 is 9.55 Å². The summed E-state index contributed by atoms with van der Waals surface area (Å²) < 4.78 is 14.8. The summed E-state index contributed by atoms with van der Waals surface area (Å²) in [6.45, 7) is 0. The van der Waals surface area contributed by atoms with Crippen molar-refractivity contribution >= 4 is 28.1 Å². The minimum atomic E-state index is -0.366. The Morgan fingerprint density at radius 1 is 1.42 bits per heavy atom. The first-order chi connectivity index (χ1) is 9.13. The third-order valence-corrected chi connectivity index (χ3v) is 3.62. The van der Waals surface area contributed by atoms with Crippen LogP contribution in [0, 0.1) is 5.82 Å². The number of halogens is 1. The van der Waals surface area contributed by atoms with Gasteiger partial charge in [0.05, 0.1) is 0 Å². The summed E-state index contributed by atoms with van der Waals surface area (Å²) in [6, 6.07) is 5.95. The van der Waals surface area contributed by atoms with E-state index < -0.39 is 0 Å². The molecule has 0 aliphatic rings. The Morgan fingerprint density at radius 3 is 3.00 bits per heavy atom. The van der Waals surface area contributed by atoms with E-state index in [0.717, 1.165) is 5.52 Å². The lowest BCUT2D eigenvalue weighted by Gasteiger charge is -1.90. The summed E-state index contributed by atoms with van der Waals surface area (Å²) in [4.78, 5) is 19.6. The van der Waals surface area contributed by atoms with E-state index in [-0.39, 0.29) is 11.7 Å². The summed E-state index contributed by atoms with van der Waals surface area (Å²) in [5, 5.41) is 2.52. The molecule has 0 aliphatic carbocycles. The van der Waals surface area contributed by atoms with Crippen LogP contribution in [-0.2, 0) is 7.05 Å². The average Bonchev–Trinajstić information content (AvgIpc) is 2.96. The highest BCUT2D eigenvalue weighted by molar-refractivity contribution is 7.07. The molecule has 6 heteroatoms. The van der Waals surface area contributed by atoms with Gasteiger partial charge in [0, 0.05) is 29.5 Å². The largest absolute Gasteiger partial charge is 0.350 e. The molecule has 2 aromatic heterocycles. The molecular formula is C13H10FN3OS. The molecule has 0 bridgehead atoms. The van der Waals surface area contributed by atoms with Crippen molar-refractivity contribution < 1.29 is 9.18 Å². The van der Waals surface area contributed by atoms with Gasteiger partial charge in [0.2, 0.25) is 0 Å². The topological polar surface area (TPSA) is 50.1 Å². The second-order valence-corrected chi connectivity index (χ2v) is 5.00. The fourth-order valence-electron chi connectivity index (χ4n) is 1.80. The zero-order chi connectivity index (χ0) is 13.4. The molecule has 0 fully saturated rings. The molecule has 0 atom stereocenters. The van der Waals surface area contributed by atoms with Gasteiger partial charge in [0.15, 0.2) is 4.80 Å². The first-order valence-corrected chi connectivity index (χ1v) is 6.49. The van der Waals surface area contributed by atoms with Crippen LogP contribution in [0.3, 0.4) is 0 Å². The summed E-state index contributed by atoms with van der Waals surface area (Å²) >= 11 is 1.38. The molecule has 1 amide bonds. The van der Waals surface area contributed by atoms with Gasteiger partial charge in [-0.25, -0.2) is 4.39 Å². The second-order valence-electron chi connectivity index (χ2n) is 4.13. The Bertz CT molecular complexity index is 828. The predicted octanol–water partition coefficient (Wildman–Crippen LogP) is 2.45. The SMILES string of the molecule is Cn1ccsc1=NC(=O)c1cc2cc(F)ccc2[nH]1. The maximum atomic E-state index is 13.1. The first-order valence-electron chi connectivity index (χ1n) is 5.61. The Hall–Kier alpha value is -2.21. The van der Waals surface area contributed by atoms with E-state index in [4.69, 9.17) is 0 Å². The average molecular weight is 275 g/mol. The number of rotatable bonds is 1. The van der Waals surface area contributed by atoms with E-state index in [1.807, 2.05) is 18.6 Å². The number of carbonyl (C=O) groups is 1. The normalized spacial score (nSPS) is 12.2. The van der Waals surface area contributed by atoms with Gasteiger partial charge in [-0.1, -0.05) is 0 Å². The van der Waals surface area contributed by atoms with Crippen molar-refractivity contribution in [3.8, 4) is 0 Å². The van der Waals surface area contributed by atoms with Crippen molar-refractivity contribution in [1.29, 1.82) is 0 Å². The molecule has 3 rings (SSSR count). The van der Waals surface area contributed by atoms with E-state index in [1.165, 1.54) is 23.5 Å². The maximum absolute atomic E-state index is 13.1. The number of benzene rings is 1. The number of carbonyl (C=O) groups excluding carboxylic acids is 1. The highest BCUT2D eigenvalue weighted by atomic mass is 32.1. The zero-order valence-corrected chi connectivity index (χ0v) is 10.9. The van der Waals surface area contributed by atoms with Crippen LogP contribution in [0.4, 0.5) is 4.39 Å². The van der Waals surface area contributed by atoms with Crippen molar-refractivity contribution in [2.75, 3.05) is 0 Å². The van der Waals surface area contributed by atoms with Crippen LogP contribution in [0.2, 0.25) is 0 Å².